The molecule has 2 unspecified atom stereocenters. The largest absolute Gasteiger partial charge is 0.380 e. The summed E-state index contributed by atoms with van der Waals surface area (Å²) >= 11 is 0. The van der Waals surface area contributed by atoms with Crippen molar-refractivity contribution in [1.82, 2.24) is 5.32 Å². The second kappa shape index (κ2) is 5.15. The van der Waals surface area contributed by atoms with Gasteiger partial charge in [0.1, 0.15) is 11.9 Å². The molecule has 0 bridgehead atoms. The molecule has 0 amide bonds. The quantitative estimate of drug-likeness (QED) is 0.823. The molecule has 2 atom stereocenters. The van der Waals surface area contributed by atoms with Crippen molar-refractivity contribution in [2.75, 3.05) is 11.9 Å². The zero-order chi connectivity index (χ0) is 12.3. The summed E-state index contributed by atoms with van der Waals surface area (Å²) in [6.07, 6.45) is 2.18. The standard InChI is InChI=1S/C13H16FN3/c1-9-12(3-2-6-16-9)17-13-5-4-11(14)7-10(13)8-15/h4-5,7,9,12,16-17H,2-3,6H2,1H3. The molecule has 17 heavy (non-hydrogen) atoms. The van der Waals surface area contributed by atoms with Crippen LogP contribution in [0.1, 0.15) is 25.3 Å². The van der Waals surface area contributed by atoms with E-state index in [1.165, 1.54) is 12.1 Å². The Hall–Kier alpha value is -1.60. The number of nitriles is 1. The van der Waals surface area contributed by atoms with Gasteiger partial charge in [-0.15, -0.1) is 0 Å². The van der Waals surface area contributed by atoms with E-state index in [2.05, 4.69) is 17.6 Å². The van der Waals surface area contributed by atoms with E-state index in [1.807, 2.05) is 6.07 Å². The van der Waals surface area contributed by atoms with Gasteiger partial charge in [-0.05, 0) is 44.5 Å². The fraction of sp³-hybridized carbons (Fsp3) is 0.462. The highest BCUT2D eigenvalue weighted by atomic mass is 19.1. The first-order valence-electron chi connectivity index (χ1n) is 5.90. The number of anilines is 1. The van der Waals surface area contributed by atoms with Crippen LogP contribution in [0.25, 0.3) is 0 Å². The van der Waals surface area contributed by atoms with Crippen LogP contribution in [0.5, 0.6) is 0 Å². The van der Waals surface area contributed by atoms with Crippen LogP contribution in [0.4, 0.5) is 10.1 Å². The van der Waals surface area contributed by atoms with Crippen LogP contribution in [0.15, 0.2) is 18.2 Å². The van der Waals surface area contributed by atoms with E-state index in [4.69, 9.17) is 5.26 Å². The van der Waals surface area contributed by atoms with E-state index in [0.29, 0.717) is 17.6 Å². The first-order chi connectivity index (χ1) is 8.20. The van der Waals surface area contributed by atoms with Crippen molar-refractivity contribution in [2.24, 2.45) is 0 Å². The Balaban J connectivity index is 2.15. The lowest BCUT2D eigenvalue weighted by molar-refractivity contribution is 0.389. The van der Waals surface area contributed by atoms with Crippen molar-refractivity contribution >= 4 is 5.69 Å². The van der Waals surface area contributed by atoms with Gasteiger partial charge in [0.2, 0.25) is 0 Å². The molecule has 2 rings (SSSR count). The van der Waals surface area contributed by atoms with Gasteiger partial charge in [0, 0.05) is 12.1 Å². The summed E-state index contributed by atoms with van der Waals surface area (Å²) in [5, 5.41) is 15.7. The normalized spacial score (nSPS) is 24.1. The summed E-state index contributed by atoms with van der Waals surface area (Å²) in [5.74, 6) is -0.373. The molecule has 2 N–H and O–H groups in total. The van der Waals surface area contributed by atoms with Gasteiger partial charge < -0.3 is 10.6 Å². The first-order valence-corrected chi connectivity index (χ1v) is 5.90. The van der Waals surface area contributed by atoms with Crippen LogP contribution in [-0.4, -0.2) is 18.6 Å². The van der Waals surface area contributed by atoms with Gasteiger partial charge in [-0.3, -0.25) is 0 Å². The van der Waals surface area contributed by atoms with Gasteiger partial charge in [0.05, 0.1) is 11.3 Å². The van der Waals surface area contributed by atoms with Crippen LogP contribution in [0, 0.1) is 17.1 Å². The number of hydrogen-bond acceptors (Lipinski definition) is 3. The van der Waals surface area contributed by atoms with Gasteiger partial charge in [-0.2, -0.15) is 5.26 Å². The van der Waals surface area contributed by atoms with Crippen LogP contribution in [0.2, 0.25) is 0 Å². The van der Waals surface area contributed by atoms with E-state index in [9.17, 15) is 4.39 Å². The molecule has 1 aliphatic heterocycles. The molecule has 0 aliphatic carbocycles. The SMILES string of the molecule is CC1NCCCC1Nc1ccc(F)cc1C#N. The lowest BCUT2D eigenvalue weighted by atomic mass is 9.99. The molecule has 1 heterocycles. The monoisotopic (exact) mass is 233 g/mol. The van der Waals surface area contributed by atoms with Crippen LogP contribution >= 0.6 is 0 Å². The topological polar surface area (TPSA) is 47.8 Å². The number of nitrogens with zero attached hydrogens (tertiary/aromatic N) is 1. The fourth-order valence-corrected chi connectivity index (χ4v) is 2.18. The van der Waals surface area contributed by atoms with Crippen LogP contribution in [0.3, 0.4) is 0 Å². The molecule has 0 aromatic heterocycles. The third-order valence-corrected chi connectivity index (χ3v) is 3.20. The van der Waals surface area contributed by atoms with Gasteiger partial charge in [0.15, 0.2) is 0 Å². The van der Waals surface area contributed by atoms with Crippen molar-refractivity contribution in [3.63, 3.8) is 0 Å². The van der Waals surface area contributed by atoms with E-state index in [0.717, 1.165) is 25.1 Å². The second-order valence-corrected chi connectivity index (χ2v) is 4.44. The molecule has 1 aromatic carbocycles. The zero-order valence-corrected chi connectivity index (χ0v) is 9.83. The lowest BCUT2D eigenvalue weighted by Crippen LogP contribution is -2.46. The smallest absolute Gasteiger partial charge is 0.124 e. The Morgan fingerprint density at radius 3 is 3.06 bits per heavy atom. The molecule has 3 nitrogen and oxygen atoms in total. The summed E-state index contributed by atoms with van der Waals surface area (Å²) in [6, 6.07) is 6.95. The van der Waals surface area contributed by atoms with Gasteiger partial charge >= 0.3 is 0 Å². The van der Waals surface area contributed by atoms with Crippen molar-refractivity contribution in [3.05, 3.63) is 29.6 Å². The van der Waals surface area contributed by atoms with Gasteiger partial charge in [-0.1, -0.05) is 0 Å². The molecule has 0 radical (unpaired) electrons. The second-order valence-electron chi connectivity index (χ2n) is 4.44. The summed E-state index contributed by atoms with van der Waals surface area (Å²) in [5.41, 5.74) is 1.08. The van der Waals surface area contributed by atoms with E-state index >= 15 is 0 Å². The van der Waals surface area contributed by atoms with E-state index < -0.39 is 0 Å². The fourth-order valence-electron chi connectivity index (χ4n) is 2.18. The minimum absolute atomic E-state index is 0.293. The number of rotatable bonds is 2. The summed E-state index contributed by atoms with van der Waals surface area (Å²) < 4.78 is 13.0. The minimum atomic E-state index is -0.373. The number of hydrogen-bond donors (Lipinski definition) is 2. The molecule has 0 spiro atoms. The molecular weight excluding hydrogens is 217 g/mol. The van der Waals surface area contributed by atoms with Gasteiger partial charge in [0.25, 0.3) is 0 Å². The third kappa shape index (κ3) is 2.75. The average Bonchev–Trinajstić information content (AvgIpc) is 2.34. The molecule has 1 aliphatic rings. The molecule has 1 saturated heterocycles. The zero-order valence-electron chi connectivity index (χ0n) is 9.83. The number of benzene rings is 1. The summed E-state index contributed by atoms with van der Waals surface area (Å²) in [4.78, 5) is 0. The van der Waals surface area contributed by atoms with Crippen LogP contribution in [-0.2, 0) is 0 Å². The van der Waals surface area contributed by atoms with Crippen molar-refractivity contribution in [2.45, 2.75) is 31.8 Å². The van der Waals surface area contributed by atoms with Gasteiger partial charge in [-0.25, -0.2) is 4.39 Å². The molecule has 90 valence electrons. The summed E-state index contributed by atoms with van der Waals surface area (Å²) in [7, 11) is 0. The molecule has 0 saturated carbocycles. The number of nitrogens with one attached hydrogen (secondary N) is 2. The Kier molecular flexibility index (Phi) is 3.60. The van der Waals surface area contributed by atoms with Crippen LogP contribution < -0.4 is 10.6 Å². The van der Waals surface area contributed by atoms with Crippen molar-refractivity contribution < 1.29 is 4.39 Å². The third-order valence-electron chi connectivity index (χ3n) is 3.20. The van der Waals surface area contributed by atoms with E-state index in [1.54, 1.807) is 6.07 Å². The number of piperidine rings is 1. The highest BCUT2D eigenvalue weighted by Crippen LogP contribution is 2.20. The molecular formula is C13H16FN3. The Labute approximate surface area is 101 Å². The molecule has 4 heteroatoms. The number of halogens is 1. The predicted octanol–water partition coefficient (Wildman–Crippen LogP) is 2.25. The maximum Gasteiger partial charge on any atom is 0.124 e. The summed E-state index contributed by atoms with van der Waals surface area (Å²) in [6.45, 7) is 3.15. The van der Waals surface area contributed by atoms with E-state index in [-0.39, 0.29) is 5.82 Å². The highest BCUT2D eigenvalue weighted by molar-refractivity contribution is 5.58. The predicted molar refractivity (Wildman–Crippen MR) is 65.2 cm³/mol. The lowest BCUT2D eigenvalue weighted by Gasteiger charge is -2.31. The molecule has 1 aromatic rings. The maximum absolute atomic E-state index is 13.0. The molecule has 1 fully saturated rings. The Morgan fingerprint density at radius 2 is 2.35 bits per heavy atom. The van der Waals surface area contributed by atoms with Crippen molar-refractivity contribution in [1.29, 1.82) is 5.26 Å². The highest BCUT2D eigenvalue weighted by Gasteiger charge is 2.21. The first kappa shape index (κ1) is 11.9. The maximum atomic E-state index is 13.0. The Morgan fingerprint density at radius 1 is 1.53 bits per heavy atom. The minimum Gasteiger partial charge on any atom is -0.380 e. The van der Waals surface area contributed by atoms with Crippen molar-refractivity contribution in [3.8, 4) is 6.07 Å². The average molecular weight is 233 g/mol. The Bertz CT molecular complexity index is 439.